The van der Waals surface area contributed by atoms with Crippen LogP contribution in [0.1, 0.15) is 20.8 Å². The van der Waals surface area contributed by atoms with Crippen molar-refractivity contribution in [3.05, 3.63) is 0 Å². The molecule has 6 nitrogen and oxygen atoms in total. The maximum absolute atomic E-state index is 10.6. The van der Waals surface area contributed by atoms with Crippen molar-refractivity contribution in [3.63, 3.8) is 0 Å². The molecule has 0 saturated heterocycles. The van der Waals surface area contributed by atoms with Gasteiger partial charge in [-0.05, 0) is 6.92 Å². The fourth-order valence-electron chi connectivity index (χ4n) is 1.10. The van der Waals surface area contributed by atoms with Gasteiger partial charge < -0.3 is 0 Å². The Morgan fingerprint density at radius 3 is 2.38 bits per heavy atom. The van der Waals surface area contributed by atoms with Crippen LogP contribution in [0.2, 0.25) is 0 Å². The van der Waals surface area contributed by atoms with E-state index in [1.54, 1.807) is 6.92 Å². The van der Waals surface area contributed by atoms with E-state index in [1.807, 2.05) is 18.7 Å². The van der Waals surface area contributed by atoms with Crippen LogP contribution in [0.4, 0.5) is 0 Å². The average Bonchev–Trinajstić information content (AvgIpc) is 2.50. The molecule has 0 saturated carbocycles. The van der Waals surface area contributed by atoms with E-state index in [-0.39, 0.29) is 0 Å². The summed E-state index contributed by atoms with van der Waals surface area (Å²) in [6, 6.07) is 0. The van der Waals surface area contributed by atoms with E-state index in [2.05, 4.69) is 8.13 Å². The summed E-state index contributed by atoms with van der Waals surface area (Å²) >= 11 is 1.17. The highest BCUT2D eigenvalue weighted by molar-refractivity contribution is 8.40. The van der Waals surface area contributed by atoms with Gasteiger partial charge in [0.1, 0.15) is 13.1 Å². The summed E-state index contributed by atoms with van der Waals surface area (Å²) in [6.45, 7) is 6.95. The molecule has 9 heteroatoms. The summed E-state index contributed by atoms with van der Waals surface area (Å²) in [6.07, 6.45) is 0. The zero-order chi connectivity index (χ0) is 12.3. The van der Waals surface area contributed by atoms with Crippen LogP contribution in [-0.4, -0.2) is 27.4 Å². The minimum Gasteiger partial charge on any atom is -0.261 e. The first-order chi connectivity index (χ1) is 7.39. The van der Waals surface area contributed by atoms with E-state index >= 15 is 0 Å². The molecular formula is C7H13ClN2O4S2. The Bertz CT molecular complexity index is 325. The molecule has 0 radical (unpaired) electrons. The van der Waals surface area contributed by atoms with Crippen LogP contribution in [0.15, 0.2) is 4.40 Å². The Morgan fingerprint density at radius 1 is 1.38 bits per heavy atom. The lowest BCUT2D eigenvalue weighted by Crippen LogP contribution is -2.60. The molecule has 0 aromatic heterocycles. The molecular weight excluding hydrogens is 276 g/mol. The van der Waals surface area contributed by atoms with Crippen molar-refractivity contribution in [2.45, 2.75) is 20.8 Å². The van der Waals surface area contributed by atoms with E-state index < -0.39 is 21.0 Å². The third kappa shape index (κ3) is 3.67. The average molecular weight is 289 g/mol. The van der Waals surface area contributed by atoms with Gasteiger partial charge >= 0.3 is 0 Å². The predicted octanol–water partition coefficient (Wildman–Crippen LogP) is -1.41. The Kier molecular flexibility index (Phi) is 5.20. The SMILES string of the molecule is CCN(CC)C1=S(O[Cl+3]([O-])([O-])[O-])C(C)=NS1. The van der Waals surface area contributed by atoms with Gasteiger partial charge in [0.15, 0.2) is 10.8 Å². The van der Waals surface area contributed by atoms with Crippen LogP contribution < -0.4 is 14.0 Å². The zero-order valence-corrected chi connectivity index (χ0v) is 11.5. The van der Waals surface area contributed by atoms with Crippen LogP contribution in [0.3, 0.4) is 0 Å². The number of hydrogen-bond donors (Lipinski definition) is 0. The molecule has 0 aromatic rings. The molecule has 0 aliphatic carbocycles. The lowest BCUT2D eigenvalue weighted by atomic mass is 10.6. The van der Waals surface area contributed by atoms with Crippen molar-refractivity contribution in [2.75, 3.05) is 13.1 Å². The first kappa shape index (κ1) is 14.4. The van der Waals surface area contributed by atoms with Gasteiger partial charge in [-0.3, -0.25) is 4.90 Å². The molecule has 0 N–H and O–H groups in total. The zero-order valence-electron chi connectivity index (χ0n) is 9.14. The number of halogens is 1. The standard InChI is InChI=1S/C7H13ClN2O4S2/c1-4-10(5-2)7-15-9-6(3)16(7)14-8(11,12)13/h4-5H2,1-3H3. The van der Waals surface area contributed by atoms with Crippen molar-refractivity contribution >= 4 is 32.1 Å². The molecule has 1 heterocycles. The Labute approximate surface area is 103 Å². The van der Waals surface area contributed by atoms with E-state index in [0.29, 0.717) is 22.5 Å². The lowest BCUT2D eigenvalue weighted by Gasteiger charge is -2.19. The summed E-state index contributed by atoms with van der Waals surface area (Å²) in [5, 5.41) is 0.513. The Morgan fingerprint density at radius 2 is 1.94 bits per heavy atom. The van der Waals surface area contributed by atoms with Crippen LogP contribution in [-0.2, 0) is 3.74 Å². The molecule has 1 unspecified atom stereocenters. The monoisotopic (exact) mass is 288 g/mol. The van der Waals surface area contributed by atoms with Crippen molar-refractivity contribution in [1.82, 2.24) is 4.90 Å². The lowest BCUT2D eigenvalue weighted by molar-refractivity contribution is -1.91. The third-order valence-electron chi connectivity index (χ3n) is 1.84. The summed E-state index contributed by atoms with van der Waals surface area (Å²) in [4.78, 5) is 1.93. The van der Waals surface area contributed by atoms with E-state index in [4.69, 9.17) is 0 Å². The van der Waals surface area contributed by atoms with Crippen molar-refractivity contribution in [3.8, 4) is 0 Å². The topological polar surface area (TPSA) is 94.0 Å². The first-order valence-electron chi connectivity index (χ1n) is 4.57. The van der Waals surface area contributed by atoms with Crippen LogP contribution >= 0.6 is 22.7 Å². The quantitative estimate of drug-likeness (QED) is 0.466. The van der Waals surface area contributed by atoms with Crippen LogP contribution in [0.25, 0.3) is 0 Å². The number of nitrogens with zero attached hydrogens (tertiary/aromatic N) is 2. The molecule has 1 rings (SSSR count). The van der Waals surface area contributed by atoms with E-state index in [1.165, 1.54) is 11.9 Å². The van der Waals surface area contributed by atoms with Crippen molar-refractivity contribution < 1.29 is 28.0 Å². The van der Waals surface area contributed by atoms with Gasteiger partial charge in [-0.25, -0.2) is 4.40 Å². The first-order valence-corrected chi connectivity index (χ1v) is 7.73. The summed E-state index contributed by atoms with van der Waals surface area (Å²) in [5.74, 6) is 0. The van der Waals surface area contributed by atoms with Gasteiger partial charge in [-0.2, -0.15) is 14.0 Å². The second-order valence-corrected chi connectivity index (χ2v) is 6.63. The van der Waals surface area contributed by atoms with E-state index in [9.17, 15) is 14.0 Å². The van der Waals surface area contributed by atoms with Gasteiger partial charge in [0.25, 0.3) is 0 Å². The minimum atomic E-state index is -4.43. The normalized spacial score (nSPS) is 21.8. The second kappa shape index (κ2) is 5.78. The molecule has 1 aliphatic heterocycles. The fraction of sp³-hybridized carbons (Fsp3) is 0.714. The van der Waals surface area contributed by atoms with Crippen LogP contribution in [0, 0.1) is 10.2 Å². The molecule has 16 heavy (non-hydrogen) atoms. The highest BCUT2D eigenvalue weighted by Gasteiger charge is 2.33. The molecule has 0 fully saturated rings. The molecule has 1 aliphatic rings. The van der Waals surface area contributed by atoms with Crippen molar-refractivity contribution in [2.24, 2.45) is 4.40 Å². The van der Waals surface area contributed by atoms with Gasteiger partial charge in [-0.1, -0.05) is 13.8 Å². The second-order valence-electron chi connectivity index (χ2n) is 2.85. The maximum Gasteiger partial charge on any atom is 0.181 e. The molecule has 0 spiro atoms. The molecule has 1 atom stereocenters. The minimum absolute atomic E-state index is 0.513. The Balaban J connectivity index is 2.95. The third-order valence-corrected chi connectivity index (χ3v) is 5.74. The van der Waals surface area contributed by atoms with Gasteiger partial charge in [0.2, 0.25) is 0 Å². The van der Waals surface area contributed by atoms with Gasteiger partial charge in [0.05, 0.1) is 10.2 Å². The highest BCUT2D eigenvalue weighted by Crippen LogP contribution is 2.36. The molecule has 0 bridgehead atoms. The maximum atomic E-state index is 10.6. The van der Waals surface area contributed by atoms with E-state index in [0.717, 1.165) is 0 Å². The van der Waals surface area contributed by atoms with Gasteiger partial charge in [-0.15, -0.1) is 0 Å². The summed E-state index contributed by atoms with van der Waals surface area (Å²) in [7, 11) is -5.59. The van der Waals surface area contributed by atoms with Crippen LogP contribution in [0.5, 0.6) is 0 Å². The Hall–Kier alpha value is 0.330. The summed E-state index contributed by atoms with van der Waals surface area (Å²) < 4.78 is 41.0. The smallest absolute Gasteiger partial charge is 0.181 e. The summed E-state index contributed by atoms with van der Waals surface area (Å²) in [5.41, 5.74) is 0. The van der Waals surface area contributed by atoms with Gasteiger partial charge in [0, 0.05) is 25.0 Å². The predicted molar refractivity (Wildman–Crippen MR) is 57.3 cm³/mol. The fourth-order valence-corrected chi connectivity index (χ4v) is 4.99. The molecule has 0 aromatic carbocycles. The van der Waals surface area contributed by atoms with Crippen molar-refractivity contribution in [1.29, 1.82) is 0 Å². The molecule has 94 valence electrons. The number of rotatable bonds is 4. The highest BCUT2D eigenvalue weighted by atomic mass is 35.7. The molecule has 0 amide bonds. The largest absolute Gasteiger partial charge is 0.261 e. The number of hydrogen-bond acceptors (Lipinski definition) is 7.